The van der Waals surface area contributed by atoms with Crippen molar-refractivity contribution in [2.75, 3.05) is 39.6 Å². The molecule has 0 aromatic heterocycles. The summed E-state index contributed by atoms with van der Waals surface area (Å²) >= 11 is 0. The lowest BCUT2D eigenvalue weighted by Crippen LogP contribution is -2.26. The molecule has 1 fully saturated rings. The lowest BCUT2D eigenvalue weighted by Gasteiger charge is -2.31. The van der Waals surface area contributed by atoms with E-state index in [2.05, 4.69) is 4.90 Å². The number of alkyl halides is 2. The number of ether oxygens (including phenoxy) is 2. The van der Waals surface area contributed by atoms with E-state index in [1.54, 1.807) is 36.4 Å². The first-order valence-electron chi connectivity index (χ1n) is 12.5. The molecule has 0 radical (unpaired) electrons. The van der Waals surface area contributed by atoms with Crippen LogP contribution in [0.15, 0.2) is 66.7 Å². The highest BCUT2D eigenvalue weighted by Crippen LogP contribution is 2.47. The number of phenolic OH excluding ortho intramolecular Hbond substituents is 2. The Hall–Kier alpha value is -3.58. The van der Waals surface area contributed by atoms with E-state index in [1.165, 1.54) is 0 Å². The van der Waals surface area contributed by atoms with Gasteiger partial charge >= 0.3 is 0 Å². The summed E-state index contributed by atoms with van der Waals surface area (Å²) in [4.78, 5) is 2.06. The van der Waals surface area contributed by atoms with Crippen molar-refractivity contribution >= 4 is 11.1 Å². The molecule has 2 N–H and O–H groups in total. The smallest absolute Gasteiger partial charge is 0.150 e. The van der Waals surface area contributed by atoms with Gasteiger partial charge in [0.25, 0.3) is 0 Å². The second-order valence-corrected chi connectivity index (χ2v) is 9.77. The van der Waals surface area contributed by atoms with E-state index in [9.17, 15) is 19.0 Å². The molecule has 5 nitrogen and oxygen atoms in total. The average molecular weight is 508 g/mol. The Morgan fingerprint density at radius 2 is 1.62 bits per heavy atom. The highest BCUT2D eigenvalue weighted by molar-refractivity contribution is 5.95. The van der Waals surface area contributed by atoms with Crippen molar-refractivity contribution in [2.45, 2.75) is 13.0 Å². The van der Waals surface area contributed by atoms with Crippen molar-refractivity contribution in [1.82, 2.24) is 4.90 Å². The van der Waals surface area contributed by atoms with Crippen LogP contribution in [0.2, 0.25) is 0 Å². The summed E-state index contributed by atoms with van der Waals surface area (Å²) in [6.45, 7) is 3.20. The molecule has 7 heteroatoms. The number of phenols is 2. The predicted molar refractivity (Wildman–Crippen MR) is 139 cm³/mol. The molecule has 2 aliphatic heterocycles. The molecule has 2 heterocycles. The Morgan fingerprint density at radius 3 is 2.30 bits per heavy atom. The van der Waals surface area contributed by atoms with Crippen molar-refractivity contribution in [3.8, 4) is 23.0 Å². The third-order valence-corrected chi connectivity index (χ3v) is 7.34. The molecule has 0 amide bonds. The minimum atomic E-state index is -0.485. The van der Waals surface area contributed by atoms with Gasteiger partial charge in [0.1, 0.15) is 35.7 Å². The fraction of sp³-hybridized carbons (Fsp3) is 0.333. The van der Waals surface area contributed by atoms with Gasteiger partial charge < -0.3 is 19.7 Å². The molecule has 3 aromatic rings. The first-order valence-corrected chi connectivity index (χ1v) is 12.5. The molecule has 1 unspecified atom stereocenters. The fourth-order valence-electron chi connectivity index (χ4n) is 5.32. The van der Waals surface area contributed by atoms with Gasteiger partial charge in [0, 0.05) is 42.6 Å². The average Bonchev–Trinajstić information content (AvgIpc) is 3.31. The predicted octanol–water partition coefficient (Wildman–Crippen LogP) is 6.03. The third-order valence-electron chi connectivity index (χ3n) is 7.34. The van der Waals surface area contributed by atoms with E-state index in [1.807, 2.05) is 37.3 Å². The van der Waals surface area contributed by atoms with Crippen molar-refractivity contribution in [1.29, 1.82) is 0 Å². The van der Waals surface area contributed by atoms with Crippen LogP contribution in [0.5, 0.6) is 23.0 Å². The molecule has 3 atom stereocenters. The number of halogens is 2. The number of hydrogen-bond acceptors (Lipinski definition) is 5. The quantitative estimate of drug-likeness (QED) is 0.390. The summed E-state index contributed by atoms with van der Waals surface area (Å²) in [6, 6.07) is 19.8. The molecular weight excluding hydrogens is 476 g/mol. The fourth-order valence-corrected chi connectivity index (χ4v) is 5.32. The van der Waals surface area contributed by atoms with Crippen LogP contribution in [-0.4, -0.2) is 54.7 Å². The van der Waals surface area contributed by atoms with Gasteiger partial charge in [0.15, 0.2) is 0 Å². The van der Waals surface area contributed by atoms with E-state index in [0.717, 1.165) is 27.8 Å². The lowest BCUT2D eigenvalue weighted by atomic mass is 9.86. The molecule has 194 valence electrons. The first-order chi connectivity index (χ1) is 18.0. The highest BCUT2D eigenvalue weighted by atomic mass is 19.1. The third kappa shape index (κ3) is 5.27. The number of rotatable bonds is 8. The molecule has 0 spiro atoms. The molecule has 5 rings (SSSR count). The number of nitrogens with zero attached hydrogens (tertiary/aromatic N) is 1. The second-order valence-electron chi connectivity index (χ2n) is 9.77. The van der Waals surface area contributed by atoms with E-state index >= 15 is 0 Å². The Kier molecular flexibility index (Phi) is 7.33. The number of aromatic hydroxyl groups is 2. The zero-order chi connectivity index (χ0) is 25.9. The Balaban J connectivity index is 1.33. The van der Waals surface area contributed by atoms with Crippen LogP contribution in [0.3, 0.4) is 0 Å². The van der Waals surface area contributed by atoms with E-state index in [-0.39, 0.29) is 23.3 Å². The maximum absolute atomic E-state index is 13.1. The lowest BCUT2D eigenvalue weighted by molar-refractivity contribution is 0.227. The molecular formula is C30H31F2NO4. The molecule has 0 bridgehead atoms. The summed E-state index contributed by atoms with van der Waals surface area (Å²) < 4.78 is 38.6. The zero-order valence-electron chi connectivity index (χ0n) is 20.7. The molecule has 0 aliphatic carbocycles. The maximum Gasteiger partial charge on any atom is 0.150 e. The molecule has 2 aliphatic rings. The molecule has 37 heavy (non-hydrogen) atoms. The van der Waals surface area contributed by atoms with E-state index in [0.29, 0.717) is 37.7 Å². The molecule has 0 saturated carbocycles. The number of allylic oxidation sites excluding steroid dienone is 1. The van der Waals surface area contributed by atoms with Gasteiger partial charge in [-0.05, 0) is 66.1 Å². The van der Waals surface area contributed by atoms with Gasteiger partial charge in [-0.3, -0.25) is 13.7 Å². The summed E-state index contributed by atoms with van der Waals surface area (Å²) in [7, 11) is 0. The van der Waals surface area contributed by atoms with Crippen molar-refractivity contribution in [3.63, 3.8) is 0 Å². The second kappa shape index (κ2) is 10.8. The molecule has 3 aromatic carbocycles. The number of fused-ring (bicyclic) bond motifs is 1. The summed E-state index contributed by atoms with van der Waals surface area (Å²) in [5, 5.41) is 20.2. The van der Waals surface area contributed by atoms with Gasteiger partial charge in [0.2, 0.25) is 0 Å². The Morgan fingerprint density at radius 1 is 0.919 bits per heavy atom. The van der Waals surface area contributed by atoms with Crippen molar-refractivity contribution in [2.24, 2.45) is 11.8 Å². The van der Waals surface area contributed by atoms with E-state index < -0.39 is 19.5 Å². The summed E-state index contributed by atoms with van der Waals surface area (Å²) in [5.74, 6) is 1.24. The van der Waals surface area contributed by atoms with Crippen molar-refractivity contribution < 1.29 is 28.5 Å². The summed E-state index contributed by atoms with van der Waals surface area (Å²) in [6.07, 6.45) is -0.423. The number of hydrogen-bond donors (Lipinski definition) is 2. The monoisotopic (exact) mass is 507 g/mol. The van der Waals surface area contributed by atoms with Crippen LogP contribution < -0.4 is 9.47 Å². The number of likely N-dealkylation sites (tertiary alicyclic amines) is 1. The molecule has 1 saturated heterocycles. The highest BCUT2D eigenvalue weighted by Gasteiger charge is 2.33. The minimum Gasteiger partial charge on any atom is -0.508 e. The van der Waals surface area contributed by atoms with Gasteiger partial charge in [-0.2, -0.15) is 0 Å². The van der Waals surface area contributed by atoms with Crippen LogP contribution in [0, 0.1) is 11.8 Å². The Labute approximate surface area is 215 Å². The van der Waals surface area contributed by atoms with Gasteiger partial charge in [-0.1, -0.05) is 24.3 Å². The van der Waals surface area contributed by atoms with Crippen molar-refractivity contribution in [3.05, 3.63) is 83.4 Å². The van der Waals surface area contributed by atoms with Crippen LogP contribution in [0.1, 0.15) is 29.7 Å². The van der Waals surface area contributed by atoms with Crippen LogP contribution in [-0.2, 0) is 0 Å². The van der Waals surface area contributed by atoms with Gasteiger partial charge in [0.05, 0.1) is 13.3 Å². The van der Waals surface area contributed by atoms with Gasteiger partial charge in [-0.15, -0.1) is 0 Å². The first kappa shape index (κ1) is 25.1. The van der Waals surface area contributed by atoms with Gasteiger partial charge in [-0.25, -0.2) is 0 Å². The standard InChI is InChI=1S/C30H31F2NO4/c1-19-27-14-25(35)7-10-28(27)37-30(29(19)21-3-2-4-24(34)13-21)20-5-8-26(9-6-20)36-12-11-33-17-22(15-31)23(16-32)18-33/h2-10,13-14,22-23,30,34-35H,11-12,15-18H2,1H3/t22-,23-,30?/m0/s1. The Bertz CT molecular complexity index is 1260. The summed E-state index contributed by atoms with van der Waals surface area (Å²) in [5.41, 5.74) is 4.42. The normalized spacial score (nSPS) is 21.5. The minimum absolute atomic E-state index is 0.159. The largest absolute Gasteiger partial charge is 0.508 e. The van der Waals surface area contributed by atoms with Crippen LogP contribution in [0.25, 0.3) is 11.1 Å². The van der Waals surface area contributed by atoms with Crippen LogP contribution >= 0.6 is 0 Å². The number of benzene rings is 3. The zero-order valence-corrected chi connectivity index (χ0v) is 20.7. The SMILES string of the molecule is CC1=C(c2cccc(O)c2)C(c2ccc(OCCN3C[C@H](CF)[C@@H](CF)C3)cc2)Oc2ccc(O)cc21. The topological polar surface area (TPSA) is 62.2 Å². The maximum atomic E-state index is 13.1. The van der Waals surface area contributed by atoms with E-state index in [4.69, 9.17) is 9.47 Å². The van der Waals surface area contributed by atoms with Crippen LogP contribution in [0.4, 0.5) is 8.78 Å².